The maximum Gasteiger partial charge on any atom is 0.417 e. The molecule has 0 unspecified atom stereocenters. The van der Waals surface area contributed by atoms with E-state index < -0.39 is 17.6 Å². The van der Waals surface area contributed by atoms with Gasteiger partial charge in [0.2, 0.25) is 0 Å². The van der Waals surface area contributed by atoms with Crippen LogP contribution in [-0.2, 0) is 6.18 Å². The van der Waals surface area contributed by atoms with Crippen LogP contribution < -0.4 is 0 Å². The first kappa shape index (κ1) is 9.89. The van der Waals surface area contributed by atoms with E-state index in [1.165, 1.54) is 0 Å². The normalized spacial score (nSPS) is 12.0. The minimum atomic E-state index is -4.45. The van der Waals surface area contributed by atoms with E-state index in [1.807, 2.05) is 0 Å². The van der Waals surface area contributed by atoms with Crippen molar-refractivity contribution in [2.24, 2.45) is 0 Å². The fraction of sp³-hybridized carbons (Fsp3) is 0.100. The van der Waals surface area contributed by atoms with E-state index in [1.54, 1.807) is 0 Å². The molecule has 0 amide bonds. The molecule has 0 saturated carbocycles. The van der Waals surface area contributed by atoms with Crippen molar-refractivity contribution in [1.29, 1.82) is 0 Å². The fourth-order valence-electron chi connectivity index (χ4n) is 1.37. The van der Waals surface area contributed by atoms with Crippen LogP contribution in [0.4, 0.5) is 17.6 Å². The Morgan fingerprint density at radius 2 is 1.80 bits per heavy atom. The third-order valence-corrected chi connectivity index (χ3v) is 2.01. The van der Waals surface area contributed by atoms with Gasteiger partial charge in [0, 0.05) is 17.6 Å². The van der Waals surface area contributed by atoms with Crippen LogP contribution in [0.5, 0.6) is 0 Å². The Morgan fingerprint density at radius 1 is 1.07 bits per heavy atom. The van der Waals surface area contributed by atoms with E-state index in [0.29, 0.717) is 0 Å². The molecule has 0 spiro atoms. The molecular formula is C10H5F4N. The average molecular weight is 215 g/mol. The summed E-state index contributed by atoms with van der Waals surface area (Å²) in [7, 11) is 0. The lowest BCUT2D eigenvalue weighted by Gasteiger charge is -2.09. The van der Waals surface area contributed by atoms with Crippen LogP contribution in [0.2, 0.25) is 0 Å². The summed E-state index contributed by atoms with van der Waals surface area (Å²) >= 11 is 0. The molecule has 0 aliphatic carbocycles. The van der Waals surface area contributed by atoms with Gasteiger partial charge in [-0.15, -0.1) is 0 Å². The molecule has 1 nitrogen and oxygen atoms in total. The molecule has 0 aliphatic heterocycles. The van der Waals surface area contributed by atoms with Crippen molar-refractivity contribution in [3.05, 3.63) is 41.8 Å². The number of benzene rings is 1. The Morgan fingerprint density at radius 3 is 2.47 bits per heavy atom. The Hall–Kier alpha value is -1.65. The highest BCUT2D eigenvalue weighted by molar-refractivity contribution is 5.82. The summed E-state index contributed by atoms with van der Waals surface area (Å²) in [6.45, 7) is 0. The lowest BCUT2D eigenvalue weighted by Crippen LogP contribution is -2.06. The molecule has 2 aromatic rings. The number of hydrogen-bond acceptors (Lipinski definition) is 1. The maximum absolute atomic E-state index is 12.7. The number of aromatic nitrogens is 1. The third kappa shape index (κ3) is 1.77. The summed E-state index contributed by atoms with van der Waals surface area (Å²) in [5, 5.41) is -0.0913. The van der Waals surface area contributed by atoms with Crippen LogP contribution in [0.15, 0.2) is 30.5 Å². The summed E-state index contributed by atoms with van der Waals surface area (Å²) < 4.78 is 50.2. The highest BCUT2D eigenvalue weighted by Crippen LogP contribution is 2.33. The highest BCUT2D eigenvalue weighted by atomic mass is 19.4. The van der Waals surface area contributed by atoms with Gasteiger partial charge in [0.25, 0.3) is 0 Å². The molecule has 5 heteroatoms. The summed E-state index contributed by atoms with van der Waals surface area (Å²) in [5.74, 6) is -0.602. The van der Waals surface area contributed by atoms with E-state index in [2.05, 4.69) is 4.98 Å². The van der Waals surface area contributed by atoms with E-state index in [9.17, 15) is 17.6 Å². The van der Waals surface area contributed by atoms with Crippen molar-refractivity contribution >= 4 is 10.9 Å². The smallest absolute Gasteiger partial charge is 0.256 e. The molecule has 0 atom stereocenters. The zero-order valence-electron chi connectivity index (χ0n) is 7.35. The molecule has 1 aromatic heterocycles. The van der Waals surface area contributed by atoms with Crippen LogP contribution in [0.1, 0.15) is 5.56 Å². The highest BCUT2D eigenvalue weighted by Gasteiger charge is 2.32. The zero-order valence-corrected chi connectivity index (χ0v) is 7.35. The van der Waals surface area contributed by atoms with E-state index in [4.69, 9.17) is 0 Å². The number of pyridine rings is 1. The summed E-state index contributed by atoms with van der Waals surface area (Å²) in [6, 6.07) is 3.92. The van der Waals surface area contributed by atoms with E-state index in [-0.39, 0.29) is 10.9 Å². The molecule has 15 heavy (non-hydrogen) atoms. The van der Waals surface area contributed by atoms with Gasteiger partial charge >= 0.3 is 6.18 Å². The second-order valence-corrected chi connectivity index (χ2v) is 3.02. The van der Waals surface area contributed by atoms with E-state index in [0.717, 1.165) is 30.5 Å². The molecule has 78 valence electrons. The Bertz CT molecular complexity index is 504. The van der Waals surface area contributed by atoms with Gasteiger partial charge in [-0.25, -0.2) is 4.39 Å². The van der Waals surface area contributed by atoms with Gasteiger partial charge < -0.3 is 0 Å². The van der Waals surface area contributed by atoms with Gasteiger partial charge in [-0.05, 0) is 18.2 Å². The number of rotatable bonds is 0. The predicted octanol–water partition coefficient (Wildman–Crippen LogP) is 3.39. The Balaban J connectivity index is 2.77. The first-order chi connectivity index (χ1) is 6.98. The lowest BCUT2D eigenvalue weighted by atomic mass is 10.1. The molecule has 0 aliphatic rings. The first-order valence-corrected chi connectivity index (χ1v) is 4.10. The Kier molecular flexibility index (Phi) is 2.10. The van der Waals surface area contributed by atoms with Gasteiger partial charge in [0.05, 0.1) is 11.1 Å². The molecular weight excluding hydrogens is 210 g/mol. The van der Waals surface area contributed by atoms with Crippen molar-refractivity contribution < 1.29 is 17.6 Å². The van der Waals surface area contributed by atoms with Crippen LogP contribution in [0.3, 0.4) is 0 Å². The third-order valence-electron chi connectivity index (χ3n) is 2.01. The van der Waals surface area contributed by atoms with Gasteiger partial charge in [-0.1, -0.05) is 0 Å². The molecule has 0 radical (unpaired) electrons. The second kappa shape index (κ2) is 3.18. The standard InChI is InChI=1S/C10H5F4N/c11-6-1-2-7-8(10(12,13)14)3-4-15-9(7)5-6/h1-5H. The second-order valence-electron chi connectivity index (χ2n) is 3.02. The number of nitrogens with zero attached hydrogens (tertiary/aromatic N) is 1. The minimum absolute atomic E-state index is 0.00447. The number of fused-ring (bicyclic) bond motifs is 1. The molecule has 0 saturated heterocycles. The predicted molar refractivity (Wildman–Crippen MR) is 46.7 cm³/mol. The van der Waals surface area contributed by atoms with Crippen LogP contribution in [0, 0.1) is 5.82 Å². The minimum Gasteiger partial charge on any atom is -0.256 e. The summed E-state index contributed by atoms with van der Waals surface area (Å²) in [4.78, 5) is 3.68. The largest absolute Gasteiger partial charge is 0.417 e. The molecule has 1 aromatic carbocycles. The van der Waals surface area contributed by atoms with Crippen LogP contribution >= 0.6 is 0 Å². The molecule has 0 bridgehead atoms. The summed E-state index contributed by atoms with van der Waals surface area (Å²) in [5.41, 5.74) is -0.794. The van der Waals surface area contributed by atoms with Gasteiger partial charge in [0.15, 0.2) is 0 Å². The monoisotopic (exact) mass is 215 g/mol. The van der Waals surface area contributed by atoms with E-state index >= 15 is 0 Å². The molecule has 1 heterocycles. The maximum atomic E-state index is 12.7. The number of halogens is 4. The van der Waals surface area contributed by atoms with Crippen molar-refractivity contribution in [2.75, 3.05) is 0 Å². The molecule has 0 fully saturated rings. The first-order valence-electron chi connectivity index (χ1n) is 4.10. The number of hydrogen-bond donors (Lipinski definition) is 0. The number of alkyl halides is 3. The fourth-order valence-corrected chi connectivity index (χ4v) is 1.37. The topological polar surface area (TPSA) is 12.9 Å². The zero-order chi connectivity index (χ0) is 11.1. The van der Waals surface area contributed by atoms with Gasteiger partial charge in [-0.3, -0.25) is 4.98 Å². The van der Waals surface area contributed by atoms with Crippen molar-refractivity contribution in [2.45, 2.75) is 6.18 Å². The lowest BCUT2D eigenvalue weighted by molar-refractivity contribution is -0.136. The van der Waals surface area contributed by atoms with Crippen LogP contribution in [-0.4, -0.2) is 4.98 Å². The summed E-state index contributed by atoms with van der Waals surface area (Å²) in [6.07, 6.45) is -3.43. The van der Waals surface area contributed by atoms with Gasteiger partial charge in [0.1, 0.15) is 5.82 Å². The van der Waals surface area contributed by atoms with Crippen LogP contribution in [0.25, 0.3) is 10.9 Å². The van der Waals surface area contributed by atoms with Gasteiger partial charge in [-0.2, -0.15) is 13.2 Å². The molecule has 0 N–H and O–H groups in total. The van der Waals surface area contributed by atoms with Crippen molar-refractivity contribution in [3.8, 4) is 0 Å². The quantitative estimate of drug-likeness (QED) is 0.614. The average Bonchev–Trinajstić information content (AvgIpc) is 2.15. The SMILES string of the molecule is Fc1ccc2c(C(F)(F)F)ccnc2c1. The van der Waals surface area contributed by atoms with Crippen molar-refractivity contribution in [1.82, 2.24) is 4.98 Å². The van der Waals surface area contributed by atoms with Crippen molar-refractivity contribution in [3.63, 3.8) is 0 Å². The molecule has 2 rings (SSSR count). The Labute approximate surface area is 82.4 Å².